The molecule has 0 aliphatic carbocycles. The first-order chi connectivity index (χ1) is 29.6. The van der Waals surface area contributed by atoms with Crippen LogP contribution < -0.4 is 0 Å². The fraction of sp³-hybridized carbons (Fsp3) is 0.444. The van der Waals surface area contributed by atoms with Crippen molar-refractivity contribution in [3.05, 3.63) is 131 Å². The fourth-order valence-corrected chi connectivity index (χ4v) is 8.56. The van der Waals surface area contributed by atoms with Gasteiger partial charge in [0.1, 0.15) is 13.6 Å². The molecule has 2 aliphatic heterocycles. The van der Waals surface area contributed by atoms with Gasteiger partial charge in [0.05, 0.1) is 26.4 Å². The van der Waals surface area contributed by atoms with Gasteiger partial charge < -0.3 is 18.9 Å². The van der Waals surface area contributed by atoms with Crippen molar-refractivity contribution in [3.63, 3.8) is 0 Å². The number of rotatable bonds is 8. The predicted molar refractivity (Wildman–Crippen MR) is 263 cm³/mol. The third-order valence-corrected chi connectivity index (χ3v) is 12.4. The van der Waals surface area contributed by atoms with Crippen LogP contribution in [0.4, 0.5) is 0 Å². The van der Waals surface area contributed by atoms with E-state index in [0.717, 1.165) is 61.6 Å². The van der Waals surface area contributed by atoms with E-state index in [1.54, 1.807) is 0 Å². The first-order valence-electron chi connectivity index (χ1n) is 22.1. The third-order valence-electron chi connectivity index (χ3n) is 12.4. The average Bonchev–Trinajstić information content (AvgIpc) is 3.87. The van der Waals surface area contributed by atoms with Crippen molar-refractivity contribution in [1.82, 2.24) is 0 Å². The topological polar surface area (TPSA) is 36.9 Å². The van der Waals surface area contributed by atoms with Gasteiger partial charge in [-0.2, -0.15) is 12.1 Å². The van der Waals surface area contributed by atoms with Gasteiger partial charge in [0, 0.05) is 20.3 Å². The summed E-state index contributed by atoms with van der Waals surface area (Å²) in [6.07, 6.45) is 4.13. The molecule has 8 heteroatoms. The molecule has 6 aromatic carbocycles. The minimum atomic E-state index is -0.826. The minimum absolute atomic E-state index is 0.0944. The van der Waals surface area contributed by atoms with Gasteiger partial charge in [-0.1, -0.05) is 140 Å². The van der Waals surface area contributed by atoms with Crippen molar-refractivity contribution in [2.75, 3.05) is 40.0 Å². The van der Waals surface area contributed by atoms with E-state index < -0.39 is 20.8 Å². The third kappa shape index (κ3) is 13.4. The summed E-state index contributed by atoms with van der Waals surface area (Å²) in [5, 5.41) is 5.31. The van der Waals surface area contributed by atoms with Crippen molar-refractivity contribution in [3.8, 4) is 22.3 Å². The molecule has 0 spiro atoms. The first kappa shape index (κ1) is 50.6. The summed E-state index contributed by atoms with van der Waals surface area (Å²) in [7, 11) is 11.0. The molecule has 0 N–H and O–H groups in total. The quantitative estimate of drug-likeness (QED) is 0.112. The SMILES string of the molecule is CCC1(Cc2cc3c(-c4ccc(C(C)(C)C)cc4)cccc3[cH-]2)COCOC1.CCC1(Cc2cc3c(-c4ccc(C(C)(C)C)cc4)cccc3[cH-]2)COCOC1.C[Si]C.[Cl][Zr+2][Cl]. The van der Waals surface area contributed by atoms with Crippen LogP contribution >= 0.6 is 17.0 Å². The summed E-state index contributed by atoms with van der Waals surface area (Å²) in [6.45, 7) is 26.3. The van der Waals surface area contributed by atoms with E-state index in [4.69, 9.17) is 36.0 Å². The molecule has 2 radical (unpaired) electrons. The maximum absolute atomic E-state index is 5.63. The van der Waals surface area contributed by atoms with Crippen LogP contribution in [0.1, 0.15) is 90.5 Å². The van der Waals surface area contributed by atoms with Crippen LogP contribution in [-0.4, -0.2) is 49.5 Å². The number of fused-ring (bicyclic) bond motifs is 2. The van der Waals surface area contributed by atoms with E-state index in [9.17, 15) is 0 Å². The van der Waals surface area contributed by atoms with Gasteiger partial charge in [-0.3, -0.25) is 0 Å². The van der Waals surface area contributed by atoms with Crippen molar-refractivity contribution >= 4 is 48.1 Å². The number of hydrogen-bond donors (Lipinski definition) is 0. The summed E-state index contributed by atoms with van der Waals surface area (Å²) in [4.78, 5) is 0. The Morgan fingerprint density at radius 2 is 0.887 bits per heavy atom. The van der Waals surface area contributed by atoms with E-state index in [0.29, 0.717) is 13.6 Å². The molecule has 2 aliphatic rings. The second kappa shape index (κ2) is 23.2. The fourth-order valence-electron chi connectivity index (χ4n) is 8.56. The molecule has 0 unspecified atom stereocenters. The van der Waals surface area contributed by atoms with Crippen molar-refractivity contribution in [2.24, 2.45) is 10.8 Å². The second-order valence-electron chi connectivity index (χ2n) is 19.3. The summed E-state index contributed by atoms with van der Waals surface area (Å²) >= 11 is -0.826. The molecule has 4 nitrogen and oxygen atoms in total. The molecule has 2 heterocycles. The van der Waals surface area contributed by atoms with Crippen LogP contribution in [-0.2, 0) is 63.5 Å². The van der Waals surface area contributed by atoms with Crippen LogP contribution in [0, 0.1) is 10.8 Å². The molecule has 0 bridgehead atoms. The molecule has 8 rings (SSSR count). The zero-order chi connectivity index (χ0) is 45.0. The first-order valence-corrected chi connectivity index (χ1v) is 30.4. The number of halogens is 2. The van der Waals surface area contributed by atoms with Gasteiger partial charge in [0.2, 0.25) is 0 Å². The van der Waals surface area contributed by atoms with E-state index in [2.05, 4.69) is 178 Å². The maximum atomic E-state index is 5.63. The molecule has 6 aromatic rings. The molecule has 0 atom stereocenters. The van der Waals surface area contributed by atoms with E-state index in [1.165, 1.54) is 66.1 Å². The molecule has 0 aromatic heterocycles. The molecule has 62 heavy (non-hydrogen) atoms. The van der Waals surface area contributed by atoms with Crippen LogP contribution in [0.15, 0.2) is 109 Å². The van der Waals surface area contributed by atoms with Gasteiger partial charge in [-0.05, 0) is 58.8 Å². The molecule has 2 fully saturated rings. The van der Waals surface area contributed by atoms with Crippen LogP contribution in [0.2, 0.25) is 13.1 Å². The Morgan fingerprint density at radius 1 is 0.565 bits per heavy atom. The van der Waals surface area contributed by atoms with E-state index in [1.807, 2.05) is 0 Å². The number of benzene rings is 4. The molecule has 0 amide bonds. The Labute approximate surface area is 394 Å². The molecular formula is C54H68Cl2O4SiZr. The Bertz CT molecular complexity index is 2090. The second-order valence-corrected chi connectivity index (χ2v) is 24.0. The van der Waals surface area contributed by atoms with Crippen LogP contribution in [0.3, 0.4) is 0 Å². The van der Waals surface area contributed by atoms with Gasteiger partial charge >= 0.3 is 37.9 Å². The zero-order valence-corrected chi connectivity index (χ0v) is 43.8. The number of hydrogen-bond acceptors (Lipinski definition) is 4. The van der Waals surface area contributed by atoms with Crippen molar-refractivity contribution in [1.29, 1.82) is 0 Å². The van der Waals surface area contributed by atoms with Gasteiger partial charge in [-0.25, -0.2) is 0 Å². The predicted octanol–water partition coefficient (Wildman–Crippen LogP) is 15.1. The van der Waals surface area contributed by atoms with Gasteiger partial charge in [-0.15, -0.1) is 69.1 Å². The average molecular weight is 971 g/mol. The van der Waals surface area contributed by atoms with Crippen molar-refractivity contribution in [2.45, 2.75) is 105 Å². The molecule has 2 saturated heterocycles. The van der Waals surface area contributed by atoms with Crippen LogP contribution in [0.25, 0.3) is 43.8 Å². The Balaban J connectivity index is 0.000000208. The van der Waals surface area contributed by atoms with Crippen molar-refractivity contribution < 1.29 is 39.8 Å². The Kier molecular flexibility index (Phi) is 18.9. The van der Waals surface area contributed by atoms with Gasteiger partial charge in [0.25, 0.3) is 0 Å². The Morgan fingerprint density at radius 3 is 1.18 bits per heavy atom. The standard InChI is InChI=1S/2C26H31O2.C2H6Si.2ClH.Zr/c2*1-5-26(16-27-18-28-17-26)15-19-13-21-7-6-8-23(24(21)14-19)20-9-11-22(12-10-20)25(2,3)4;1-3-2;;;/h2*6-14H,5,15-18H2,1-4H3;1-2H3;2*1H;/q2*-1;;;;+4/p-2. The number of ether oxygens (including phenoxy) is 4. The normalized spacial score (nSPS) is 15.9. The zero-order valence-electron chi connectivity index (χ0n) is 38.9. The van der Waals surface area contributed by atoms with Crippen LogP contribution in [0.5, 0.6) is 0 Å². The van der Waals surface area contributed by atoms with E-state index in [-0.39, 0.29) is 21.7 Å². The van der Waals surface area contributed by atoms with Gasteiger partial charge in [0.15, 0.2) is 0 Å². The summed E-state index contributed by atoms with van der Waals surface area (Å²) in [6, 6.07) is 40.8. The summed E-state index contributed by atoms with van der Waals surface area (Å²) in [5.74, 6) is 0. The van der Waals surface area contributed by atoms with E-state index >= 15 is 0 Å². The summed E-state index contributed by atoms with van der Waals surface area (Å²) < 4.78 is 22.5. The molecular weight excluding hydrogens is 903 g/mol. The summed E-state index contributed by atoms with van der Waals surface area (Å²) in [5.41, 5.74) is 11.2. The molecule has 0 saturated carbocycles. The Hall–Kier alpha value is -2.38. The molecule has 330 valence electrons. The monoisotopic (exact) mass is 968 g/mol.